The predicted octanol–water partition coefficient (Wildman–Crippen LogP) is 3.28. The molecule has 1 heterocycles. The number of fused-ring (bicyclic) bond motifs is 1. The van der Waals surface area contributed by atoms with Crippen molar-refractivity contribution < 1.29 is 13.9 Å². The molecule has 0 unspecified atom stereocenters. The van der Waals surface area contributed by atoms with Crippen LogP contribution in [0.15, 0.2) is 57.7 Å². The van der Waals surface area contributed by atoms with Crippen molar-refractivity contribution in [2.75, 3.05) is 7.11 Å². The maximum atomic E-state index is 11.7. The third-order valence-corrected chi connectivity index (χ3v) is 3.33. The van der Waals surface area contributed by atoms with E-state index in [9.17, 15) is 9.59 Å². The monoisotopic (exact) mass is 280 g/mol. The number of carbonyl (C=O) groups excluding carboxylic acids is 1. The molecule has 0 aliphatic rings. The fourth-order valence-corrected chi connectivity index (χ4v) is 2.34. The van der Waals surface area contributed by atoms with Gasteiger partial charge in [-0.15, -0.1) is 0 Å². The van der Waals surface area contributed by atoms with Crippen LogP contribution in [0.4, 0.5) is 0 Å². The predicted molar refractivity (Wildman–Crippen MR) is 79.9 cm³/mol. The molecule has 21 heavy (non-hydrogen) atoms. The highest BCUT2D eigenvalue weighted by atomic mass is 16.5. The minimum absolute atomic E-state index is 0.448. The van der Waals surface area contributed by atoms with Gasteiger partial charge in [-0.05, 0) is 29.8 Å². The van der Waals surface area contributed by atoms with Gasteiger partial charge in [0, 0.05) is 22.6 Å². The molecule has 0 aliphatic heterocycles. The van der Waals surface area contributed by atoms with Crippen LogP contribution < -0.4 is 10.4 Å². The fourth-order valence-electron chi connectivity index (χ4n) is 2.34. The van der Waals surface area contributed by atoms with Crippen molar-refractivity contribution in [2.45, 2.75) is 0 Å². The molecule has 4 heteroatoms. The molecule has 0 saturated carbocycles. The number of para-hydroxylation sites is 1. The number of benzene rings is 2. The van der Waals surface area contributed by atoms with Crippen molar-refractivity contribution in [1.82, 2.24) is 0 Å². The third kappa shape index (κ3) is 2.31. The second kappa shape index (κ2) is 5.25. The zero-order valence-corrected chi connectivity index (χ0v) is 11.3. The van der Waals surface area contributed by atoms with E-state index in [1.165, 1.54) is 13.2 Å². The van der Waals surface area contributed by atoms with Crippen LogP contribution in [0.1, 0.15) is 10.4 Å². The maximum absolute atomic E-state index is 11.7. The summed E-state index contributed by atoms with van der Waals surface area (Å²) in [5.74, 6) is 0.591. The summed E-state index contributed by atoms with van der Waals surface area (Å²) in [6.45, 7) is 0. The highest BCUT2D eigenvalue weighted by Gasteiger charge is 2.12. The smallest absolute Gasteiger partial charge is 0.336 e. The molecule has 0 amide bonds. The van der Waals surface area contributed by atoms with E-state index in [2.05, 4.69) is 0 Å². The minimum atomic E-state index is -0.448. The van der Waals surface area contributed by atoms with Crippen molar-refractivity contribution in [3.63, 3.8) is 0 Å². The van der Waals surface area contributed by atoms with Crippen LogP contribution >= 0.6 is 0 Å². The molecule has 0 spiro atoms. The van der Waals surface area contributed by atoms with E-state index in [1.54, 1.807) is 30.3 Å². The molecule has 3 aromatic rings. The summed E-state index contributed by atoms with van der Waals surface area (Å²) in [4.78, 5) is 23.1. The van der Waals surface area contributed by atoms with Gasteiger partial charge in [0.25, 0.3) is 0 Å². The van der Waals surface area contributed by atoms with Crippen LogP contribution in [0.2, 0.25) is 0 Å². The van der Waals surface area contributed by atoms with Gasteiger partial charge in [-0.25, -0.2) is 4.79 Å². The fraction of sp³-hybridized carbons (Fsp3) is 0.0588. The SMILES string of the molecule is COc1ccc(-c2cc(=O)oc3ccccc23)c(C=O)c1. The summed E-state index contributed by atoms with van der Waals surface area (Å²) in [6.07, 6.45) is 0.751. The van der Waals surface area contributed by atoms with E-state index in [-0.39, 0.29) is 0 Å². The number of rotatable bonds is 3. The van der Waals surface area contributed by atoms with E-state index >= 15 is 0 Å². The lowest BCUT2D eigenvalue weighted by Gasteiger charge is -2.09. The topological polar surface area (TPSA) is 56.5 Å². The van der Waals surface area contributed by atoms with E-state index in [4.69, 9.17) is 9.15 Å². The molecule has 3 rings (SSSR count). The third-order valence-electron chi connectivity index (χ3n) is 3.33. The first-order chi connectivity index (χ1) is 10.2. The summed E-state index contributed by atoms with van der Waals surface area (Å²) in [5, 5.41) is 0.783. The van der Waals surface area contributed by atoms with Crippen LogP contribution in [0.25, 0.3) is 22.1 Å². The van der Waals surface area contributed by atoms with E-state index in [0.717, 1.165) is 11.7 Å². The second-order valence-electron chi connectivity index (χ2n) is 4.55. The summed E-state index contributed by atoms with van der Waals surface area (Å²) in [6, 6.07) is 13.8. The molecule has 0 aliphatic carbocycles. The van der Waals surface area contributed by atoms with Gasteiger partial charge < -0.3 is 9.15 Å². The Labute approximate surface area is 120 Å². The van der Waals surface area contributed by atoms with Crippen molar-refractivity contribution in [1.29, 1.82) is 0 Å². The van der Waals surface area contributed by atoms with Gasteiger partial charge in [0.05, 0.1) is 7.11 Å². The molecule has 0 N–H and O–H groups in total. The Bertz CT molecular complexity index is 877. The zero-order valence-electron chi connectivity index (χ0n) is 11.3. The molecule has 104 valence electrons. The number of ether oxygens (including phenoxy) is 1. The molecule has 2 aromatic carbocycles. The molecule has 0 atom stereocenters. The van der Waals surface area contributed by atoms with Crippen molar-refractivity contribution in [3.05, 3.63) is 64.5 Å². The van der Waals surface area contributed by atoms with Gasteiger partial charge in [0.2, 0.25) is 0 Å². The molecule has 0 saturated heterocycles. The lowest BCUT2D eigenvalue weighted by atomic mass is 9.97. The standard InChI is InChI=1S/C17H12O4/c1-20-12-6-7-13(11(8-12)10-18)15-9-17(19)21-16-5-3-2-4-14(15)16/h2-10H,1H3. The largest absolute Gasteiger partial charge is 0.497 e. The Balaban J connectivity index is 2.35. The van der Waals surface area contributed by atoms with Gasteiger partial charge in [0.1, 0.15) is 11.3 Å². The summed E-state index contributed by atoms with van der Waals surface area (Å²) >= 11 is 0. The number of methoxy groups -OCH3 is 1. The van der Waals surface area contributed by atoms with Gasteiger partial charge in [-0.3, -0.25) is 4.79 Å². The number of aldehydes is 1. The van der Waals surface area contributed by atoms with Crippen LogP contribution in [0.3, 0.4) is 0 Å². The lowest BCUT2D eigenvalue weighted by Crippen LogP contribution is -1.99. The summed E-state index contributed by atoms with van der Waals surface area (Å²) in [5.41, 5.74) is 1.86. The maximum Gasteiger partial charge on any atom is 0.336 e. The van der Waals surface area contributed by atoms with Gasteiger partial charge >= 0.3 is 5.63 Å². The van der Waals surface area contributed by atoms with Gasteiger partial charge in [-0.1, -0.05) is 18.2 Å². The van der Waals surface area contributed by atoms with E-state index in [0.29, 0.717) is 28.0 Å². The van der Waals surface area contributed by atoms with Gasteiger partial charge in [0.15, 0.2) is 6.29 Å². The average Bonchev–Trinajstić information content (AvgIpc) is 2.53. The first-order valence-electron chi connectivity index (χ1n) is 6.39. The molecule has 0 bridgehead atoms. The molecule has 4 nitrogen and oxygen atoms in total. The summed E-state index contributed by atoms with van der Waals surface area (Å²) in [7, 11) is 1.54. The van der Waals surface area contributed by atoms with Crippen LogP contribution in [0.5, 0.6) is 5.75 Å². The number of hydrogen-bond donors (Lipinski definition) is 0. The van der Waals surface area contributed by atoms with E-state index in [1.807, 2.05) is 12.1 Å². The van der Waals surface area contributed by atoms with Crippen LogP contribution in [-0.2, 0) is 0 Å². The molecule has 1 aromatic heterocycles. The minimum Gasteiger partial charge on any atom is -0.497 e. The van der Waals surface area contributed by atoms with Crippen molar-refractivity contribution in [3.8, 4) is 16.9 Å². The first kappa shape index (κ1) is 13.1. The summed E-state index contributed by atoms with van der Waals surface area (Å²) < 4.78 is 10.3. The lowest BCUT2D eigenvalue weighted by molar-refractivity contribution is 0.112. The van der Waals surface area contributed by atoms with E-state index < -0.39 is 5.63 Å². The Kier molecular flexibility index (Phi) is 3.28. The van der Waals surface area contributed by atoms with Crippen molar-refractivity contribution >= 4 is 17.3 Å². The normalized spacial score (nSPS) is 10.5. The first-order valence-corrected chi connectivity index (χ1v) is 6.39. The molecular weight excluding hydrogens is 268 g/mol. The zero-order chi connectivity index (χ0) is 14.8. The Morgan fingerprint density at radius 1 is 1.05 bits per heavy atom. The molecule has 0 radical (unpaired) electrons. The average molecular weight is 280 g/mol. The quantitative estimate of drug-likeness (QED) is 0.545. The number of carbonyl (C=O) groups is 1. The van der Waals surface area contributed by atoms with Crippen LogP contribution in [-0.4, -0.2) is 13.4 Å². The molecule has 0 fully saturated rings. The Morgan fingerprint density at radius 2 is 1.86 bits per heavy atom. The Hall–Kier alpha value is -2.88. The van der Waals surface area contributed by atoms with Gasteiger partial charge in [-0.2, -0.15) is 0 Å². The molecular formula is C17H12O4. The highest BCUT2D eigenvalue weighted by molar-refractivity contribution is 5.98. The van der Waals surface area contributed by atoms with Crippen LogP contribution in [0, 0.1) is 0 Å². The highest BCUT2D eigenvalue weighted by Crippen LogP contribution is 2.31. The Morgan fingerprint density at radius 3 is 2.62 bits per heavy atom. The number of hydrogen-bond acceptors (Lipinski definition) is 4. The second-order valence-corrected chi connectivity index (χ2v) is 4.55. The van der Waals surface area contributed by atoms with Crippen molar-refractivity contribution in [2.24, 2.45) is 0 Å².